The molecule has 2 amide bonds. The highest BCUT2D eigenvalue weighted by Crippen LogP contribution is 2.25. The van der Waals surface area contributed by atoms with Crippen LogP contribution in [-0.4, -0.2) is 70.4 Å². The van der Waals surface area contributed by atoms with Crippen LogP contribution in [0.25, 0.3) is 0 Å². The van der Waals surface area contributed by atoms with E-state index in [4.69, 9.17) is 0 Å². The van der Waals surface area contributed by atoms with E-state index in [0.29, 0.717) is 0 Å². The Hall–Kier alpha value is -1.89. The number of aliphatic carboxylic acids is 1. The molecule has 1 rings (SSSR count). The third kappa shape index (κ3) is 7.34. The summed E-state index contributed by atoms with van der Waals surface area (Å²) in [6.45, 7) is 16.3. The van der Waals surface area contributed by atoms with Crippen molar-refractivity contribution < 1.29 is 19.5 Å². The normalized spacial score (nSPS) is 20.5. The molecule has 2 N–H and O–H groups in total. The van der Waals surface area contributed by atoms with E-state index in [2.05, 4.69) is 24.1 Å². The van der Waals surface area contributed by atoms with Crippen molar-refractivity contribution in [2.45, 2.75) is 98.8 Å². The molecule has 1 aliphatic heterocycles. The highest BCUT2D eigenvalue weighted by Gasteiger charge is 2.39. The van der Waals surface area contributed by atoms with Crippen LogP contribution in [0.4, 0.5) is 0 Å². The zero-order chi connectivity index (χ0) is 24.1. The maximum absolute atomic E-state index is 13.5. The van der Waals surface area contributed by atoms with Crippen molar-refractivity contribution in [2.75, 3.05) is 13.6 Å². The number of carboxylic acids is 1. The van der Waals surface area contributed by atoms with Gasteiger partial charge in [0.05, 0.1) is 12.1 Å². The van der Waals surface area contributed by atoms with Gasteiger partial charge in [-0.15, -0.1) is 0 Å². The van der Waals surface area contributed by atoms with Gasteiger partial charge in [-0.2, -0.15) is 0 Å². The summed E-state index contributed by atoms with van der Waals surface area (Å²) < 4.78 is 0. The molecule has 1 unspecified atom stereocenters. The Balaban J connectivity index is 3.15. The number of likely N-dealkylation sites (N-methyl/N-ethyl adjacent to an activating group) is 1. The van der Waals surface area contributed by atoms with Gasteiger partial charge in [0.2, 0.25) is 11.8 Å². The van der Waals surface area contributed by atoms with Gasteiger partial charge in [0.25, 0.3) is 0 Å². The Labute approximate surface area is 188 Å². The number of nitrogens with one attached hydrogen (secondary N) is 1. The van der Waals surface area contributed by atoms with Crippen molar-refractivity contribution >= 4 is 17.8 Å². The number of carboxylic acid groups (broad SMARTS) is 1. The highest BCUT2D eigenvalue weighted by molar-refractivity contribution is 5.91. The topological polar surface area (TPSA) is 90.0 Å². The number of carbonyl (C=O) groups excluding carboxylic acids is 2. The molecule has 0 saturated carbocycles. The standard InChI is InChI=1S/C24H43N3O4/c1-15(2)19(14-17(5)23(30)31)26(9)22(29)20(24(6,7)8)25-21(28)18-12-10-11-13-27(18)16(3)4/h14-16,18-20H,10-13H2,1-9H3,(H,25,28)(H,30,31)/t18?,19-,20+/m0/s1. The van der Waals surface area contributed by atoms with Crippen LogP contribution >= 0.6 is 0 Å². The Morgan fingerprint density at radius 1 is 1.13 bits per heavy atom. The van der Waals surface area contributed by atoms with E-state index < -0.39 is 17.4 Å². The first kappa shape index (κ1) is 27.1. The summed E-state index contributed by atoms with van der Waals surface area (Å²) in [4.78, 5) is 41.9. The number of piperidine rings is 1. The van der Waals surface area contributed by atoms with Crippen LogP contribution in [0.15, 0.2) is 11.6 Å². The van der Waals surface area contributed by atoms with E-state index in [-0.39, 0.29) is 41.4 Å². The Kier molecular flexibility index (Phi) is 9.73. The largest absolute Gasteiger partial charge is 0.478 e. The van der Waals surface area contributed by atoms with Gasteiger partial charge in [0, 0.05) is 18.7 Å². The van der Waals surface area contributed by atoms with Crippen LogP contribution in [0.1, 0.15) is 74.7 Å². The number of nitrogens with zero attached hydrogens (tertiary/aromatic N) is 2. The molecule has 0 aromatic carbocycles. The van der Waals surface area contributed by atoms with Crippen LogP contribution in [0.2, 0.25) is 0 Å². The maximum atomic E-state index is 13.5. The average molecular weight is 438 g/mol. The Morgan fingerprint density at radius 3 is 2.16 bits per heavy atom. The van der Waals surface area contributed by atoms with Gasteiger partial charge in [0.15, 0.2) is 0 Å². The summed E-state index contributed by atoms with van der Waals surface area (Å²) in [6, 6.07) is -1.06. The minimum atomic E-state index is -1.00. The smallest absolute Gasteiger partial charge is 0.331 e. The molecule has 7 nitrogen and oxygen atoms in total. The monoisotopic (exact) mass is 437 g/mol. The van der Waals surface area contributed by atoms with Gasteiger partial charge in [-0.05, 0) is 51.5 Å². The lowest BCUT2D eigenvalue weighted by Gasteiger charge is -2.41. The fraction of sp³-hybridized carbons (Fsp3) is 0.792. The minimum Gasteiger partial charge on any atom is -0.478 e. The van der Waals surface area contributed by atoms with Crippen molar-refractivity contribution in [1.29, 1.82) is 0 Å². The lowest BCUT2D eigenvalue weighted by atomic mass is 9.84. The molecule has 0 aromatic heterocycles. The molecule has 7 heteroatoms. The molecule has 0 bridgehead atoms. The second-order valence-electron chi connectivity index (χ2n) is 10.5. The molecule has 1 heterocycles. The second-order valence-corrected chi connectivity index (χ2v) is 10.5. The Morgan fingerprint density at radius 2 is 1.71 bits per heavy atom. The highest BCUT2D eigenvalue weighted by atomic mass is 16.4. The van der Waals surface area contributed by atoms with Gasteiger partial charge in [0.1, 0.15) is 6.04 Å². The number of amides is 2. The first-order chi connectivity index (χ1) is 14.2. The predicted octanol–water partition coefficient (Wildman–Crippen LogP) is 3.29. The van der Waals surface area contributed by atoms with Crippen molar-refractivity contribution in [1.82, 2.24) is 15.1 Å². The molecule has 1 fully saturated rings. The van der Waals surface area contributed by atoms with E-state index in [1.807, 2.05) is 34.6 Å². The first-order valence-electron chi connectivity index (χ1n) is 11.4. The summed E-state index contributed by atoms with van der Waals surface area (Å²) in [5, 5.41) is 12.3. The summed E-state index contributed by atoms with van der Waals surface area (Å²) in [5.74, 6) is -1.29. The maximum Gasteiger partial charge on any atom is 0.331 e. The van der Waals surface area contributed by atoms with Crippen LogP contribution in [0.5, 0.6) is 0 Å². The molecule has 0 spiro atoms. The van der Waals surface area contributed by atoms with Crippen LogP contribution in [-0.2, 0) is 14.4 Å². The molecular formula is C24H43N3O4. The van der Waals surface area contributed by atoms with E-state index >= 15 is 0 Å². The van der Waals surface area contributed by atoms with Gasteiger partial charge < -0.3 is 15.3 Å². The van der Waals surface area contributed by atoms with E-state index in [1.54, 1.807) is 18.0 Å². The molecule has 1 saturated heterocycles. The number of hydrogen-bond acceptors (Lipinski definition) is 4. The SMILES string of the molecule is CC(=C[C@@H](C(C)C)N(C)C(=O)[C@@H](NC(=O)C1CCCCN1C(C)C)C(C)(C)C)C(=O)O. The van der Waals surface area contributed by atoms with E-state index in [9.17, 15) is 19.5 Å². The van der Waals surface area contributed by atoms with Crippen molar-refractivity contribution in [3.8, 4) is 0 Å². The molecule has 31 heavy (non-hydrogen) atoms. The van der Waals surface area contributed by atoms with Gasteiger partial charge in [-0.25, -0.2) is 4.79 Å². The van der Waals surface area contributed by atoms with E-state index in [1.165, 1.54) is 6.92 Å². The van der Waals surface area contributed by atoms with Crippen molar-refractivity contribution in [3.63, 3.8) is 0 Å². The zero-order valence-electron chi connectivity index (χ0n) is 20.9. The number of carbonyl (C=O) groups is 3. The van der Waals surface area contributed by atoms with Crippen LogP contribution in [0.3, 0.4) is 0 Å². The van der Waals surface area contributed by atoms with Crippen molar-refractivity contribution in [3.05, 3.63) is 11.6 Å². The first-order valence-corrected chi connectivity index (χ1v) is 11.4. The summed E-state index contributed by atoms with van der Waals surface area (Å²) in [7, 11) is 1.69. The van der Waals surface area contributed by atoms with Gasteiger partial charge >= 0.3 is 5.97 Å². The molecule has 1 aliphatic rings. The summed E-state index contributed by atoms with van der Waals surface area (Å²) in [5.41, 5.74) is -0.296. The lowest BCUT2D eigenvalue weighted by molar-refractivity contribution is -0.142. The second kappa shape index (κ2) is 11.1. The minimum absolute atomic E-state index is 0.0225. The predicted molar refractivity (Wildman–Crippen MR) is 124 cm³/mol. The lowest BCUT2D eigenvalue weighted by Crippen LogP contribution is -2.60. The van der Waals surface area contributed by atoms with Gasteiger partial charge in [-0.3, -0.25) is 14.5 Å². The average Bonchev–Trinajstić information content (AvgIpc) is 2.67. The Bertz CT molecular complexity index is 679. The summed E-state index contributed by atoms with van der Waals surface area (Å²) >= 11 is 0. The molecular weight excluding hydrogens is 394 g/mol. The molecule has 3 atom stereocenters. The quantitative estimate of drug-likeness (QED) is 0.569. The number of rotatable bonds is 8. The fourth-order valence-electron chi connectivity index (χ4n) is 4.17. The number of likely N-dealkylation sites (tertiary alicyclic amines) is 1. The van der Waals surface area contributed by atoms with Gasteiger partial charge in [-0.1, -0.05) is 47.1 Å². The van der Waals surface area contributed by atoms with Crippen LogP contribution < -0.4 is 5.32 Å². The zero-order valence-corrected chi connectivity index (χ0v) is 20.9. The van der Waals surface area contributed by atoms with Crippen LogP contribution in [0, 0.1) is 11.3 Å². The molecule has 178 valence electrons. The van der Waals surface area contributed by atoms with Crippen molar-refractivity contribution in [2.24, 2.45) is 11.3 Å². The molecule has 0 radical (unpaired) electrons. The van der Waals surface area contributed by atoms with E-state index in [0.717, 1.165) is 25.8 Å². The molecule has 0 aromatic rings. The third-order valence-corrected chi connectivity index (χ3v) is 6.15. The third-order valence-electron chi connectivity index (χ3n) is 6.15. The molecule has 0 aliphatic carbocycles. The summed E-state index contributed by atoms with van der Waals surface area (Å²) in [6.07, 6.45) is 4.50. The fourth-order valence-corrected chi connectivity index (χ4v) is 4.17. The number of hydrogen-bond donors (Lipinski definition) is 2.